The Morgan fingerprint density at radius 2 is 1.78 bits per heavy atom. The molecule has 0 saturated carbocycles. The van der Waals surface area contributed by atoms with Crippen molar-refractivity contribution in [2.75, 3.05) is 7.11 Å². The van der Waals surface area contributed by atoms with Crippen molar-refractivity contribution in [3.63, 3.8) is 0 Å². The van der Waals surface area contributed by atoms with E-state index in [4.69, 9.17) is 4.74 Å². The second kappa shape index (κ2) is 6.61. The Bertz CT molecular complexity index is 755. The van der Waals surface area contributed by atoms with Crippen LogP contribution >= 0.6 is 0 Å². The smallest absolute Gasteiger partial charge is 0.163 e. The fraction of sp³-hybridized carbons (Fsp3) is 0.150. The van der Waals surface area contributed by atoms with Crippen molar-refractivity contribution in [2.45, 2.75) is 6.42 Å². The van der Waals surface area contributed by atoms with E-state index in [1.54, 1.807) is 43.5 Å². The van der Waals surface area contributed by atoms with Crippen LogP contribution in [0.1, 0.15) is 22.3 Å². The van der Waals surface area contributed by atoms with Crippen LogP contribution in [-0.4, -0.2) is 12.9 Å². The topological polar surface area (TPSA) is 26.3 Å². The molecule has 0 fully saturated rings. The first kappa shape index (κ1) is 15.2. The summed E-state index contributed by atoms with van der Waals surface area (Å²) >= 11 is 0. The summed E-state index contributed by atoms with van der Waals surface area (Å²) in [5.74, 6) is 0.577. The fourth-order valence-electron chi connectivity index (χ4n) is 2.75. The number of halogens is 1. The van der Waals surface area contributed by atoms with Crippen LogP contribution < -0.4 is 4.74 Å². The predicted octanol–water partition coefficient (Wildman–Crippen LogP) is 4.68. The molecule has 23 heavy (non-hydrogen) atoms. The van der Waals surface area contributed by atoms with Gasteiger partial charge in [0.1, 0.15) is 11.6 Å². The highest BCUT2D eigenvalue weighted by molar-refractivity contribution is 5.97. The number of Topliss-reactive ketones (excluding diaryl/α,β-unsaturated/α-hetero) is 1. The monoisotopic (exact) mass is 308 g/mol. The van der Waals surface area contributed by atoms with Gasteiger partial charge in [-0.15, -0.1) is 0 Å². The van der Waals surface area contributed by atoms with Crippen LogP contribution in [0.25, 0.3) is 5.57 Å². The Balaban J connectivity index is 1.73. The molecule has 3 heteroatoms. The molecular formula is C20H17FO2. The molecule has 0 aliphatic heterocycles. The highest BCUT2D eigenvalue weighted by Gasteiger charge is 2.20. The third kappa shape index (κ3) is 3.39. The third-order valence-corrected chi connectivity index (χ3v) is 4.01. The van der Waals surface area contributed by atoms with Crippen molar-refractivity contribution >= 4 is 11.4 Å². The van der Waals surface area contributed by atoms with Crippen molar-refractivity contribution < 1.29 is 13.9 Å². The van der Waals surface area contributed by atoms with Gasteiger partial charge in [0.25, 0.3) is 0 Å². The zero-order valence-electron chi connectivity index (χ0n) is 12.8. The summed E-state index contributed by atoms with van der Waals surface area (Å²) in [5.41, 5.74) is 2.67. The van der Waals surface area contributed by atoms with Gasteiger partial charge in [0.2, 0.25) is 0 Å². The van der Waals surface area contributed by atoms with Crippen LogP contribution in [-0.2, 0) is 0 Å². The van der Waals surface area contributed by atoms with Crippen molar-refractivity contribution in [3.05, 3.63) is 83.7 Å². The average Bonchev–Trinajstić information content (AvgIpc) is 3.03. The van der Waals surface area contributed by atoms with E-state index in [-0.39, 0.29) is 17.5 Å². The second-order valence-electron chi connectivity index (χ2n) is 5.48. The summed E-state index contributed by atoms with van der Waals surface area (Å²) in [4.78, 5) is 12.5. The van der Waals surface area contributed by atoms with Gasteiger partial charge in [-0.3, -0.25) is 4.79 Å². The van der Waals surface area contributed by atoms with Gasteiger partial charge in [0.05, 0.1) is 7.11 Å². The van der Waals surface area contributed by atoms with Gasteiger partial charge in [0.15, 0.2) is 5.78 Å². The minimum absolute atomic E-state index is 0.0232. The number of carbonyl (C=O) groups is 1. The van der Waals surface area contributed by atoms with E-state index in [1.807, 2.05) is 18.2 Å². The normalized spacial score (nSPS) is 16.3. The van der Waals surface area contributed by atoms with Crippen molar-refractivity contribution in [1.29, 1.82) is 0 Å². The molecule has 2 aromatic carbocycles. The molecule has 1 unspecified atom stereocenters. The molecular weight excluding hydrogens is 291 g/mol. The van der Waals surface area contributed by atoms with Gasteiger partial charge in [-0.25, -0.2) is 4.39 Å². The van der Waals surface area contributed by atoms with Gasteiger partial charge < -0.3 is 4.74 Å². The molecule has 1 aliphatic rings. The molecule has 3 rings (SSSR count). The molecule has 0 amide bonds. The lowest BCUT2D eigenvalue weighted by molar-refractivity contribution is 0.0976. The molecule has 0 spiro atoms. The van der Waals surface area contributed by atoms with Gasteiger partial charge in [-0.2, -0.15) is 0 Å². The standard InChI is InChI=1S/C20H17FO2/c1-23-18-11-7-15(8-12-18)20(22)13-16-3-2-4-19(16)14-5-9-17(21)10-6-14/h2-12,16H,13H2,1H3. The largest absolute Gasteiger partial charge is 0.497 e. The Labute approximate surface area is 134 Å². The average molecular weight is 308 g/mol. The van der Waals surface area contributed by atoms with E-state index in [2.05, 4.69) is 0 Å². The number of benzene rings is 2. The van der Waals surface area contributed by atoms with Crippen molar-refractivity contribution in [3.8, 4) is 5.75 Å². The lowest BCUT2D eigenvalue weighted by Crippen LogP contribution is -2.07. The van der Waals surface area contributed by atoms with Crippen molar-refractivity contribution in [2.24, 2.45) is 5.92 Å². The lowest BCUT2D eigenvalue weighted by atomic mass is 9.89. The van der Waals surface area contributed by atoms with Crippen molar-refractivity contribution in [1.82, 2.24) is 0 Å². The summed E-state index contributed by atoms with van der Waals surface area (Å²) in [7, 11) is 1.60. The molecule has 0 saturated heterocycles. The van der Waals surface area contributed by atoms with E-state index >= 15 is 0 Å². The minimum Gasteiger partial charge on any atom is -0.497 e. The molecule has 0 heterocycles. The number of hydrogen-bond donors (Lipinski definition) is 0. The quantitative estimate of drug-likeness (QED) is 0.750. The number of rotatable bonds is 5. The molecule has 116 valence electrons. The number of ketones is 1. The molecule has 1 atom stereocenters. The van der Waals surface area contributed by atoms with E-state index in [0.29, 0.717) is 12.0 Å². The Kier molecular flexibility index (Phi) is 4.38. The van der Waals surface area contributed by atoms with E-state index in [1.165, 1.54) is 12.1 Å². The highest BCUT2D eigenvalue weighted by Crippen LogP contribution is 2.32. The first-order chi connectivity index (χ1) is 11.2. The summed E-state index contributed by atoms with van der Waals surface area (Å²) < 4.78 is 18.2. The maximum Gasteiger partial charge on any atom is 0.163 e. The molecule has 2 nitrogen and oxygen atoms in total. The lowest BCUT2D eigenvalue weighted by Gasteiger charge is -2.14. The number of ether oxygens (including phenoxy) is 1. The van der Waals surface area contributed by atoms with E-state index < -0.39 is 0 Å². The van der Waals surface area contributed by atoms with E-state index in [0.717, 1.165) is 16.9 Å². The minimum atomic E-state index is -0.258. The van der Waals surface area contributed by atoms with Crippen LogP contribution in [0.15, 0.2) is 66.8 Å². The SMILES string of the molecule is COc1ccc(C(=O)CC2C=CC=C2c2ccc(F)cc2)cc1. The predicted molar refractivity (Wildman–Crippen MR) is 88.9 cm³/mol. The van der Waals surface area contributed by atoms with Gasteiger partial charge in [-0.05, 0) is 47.5 Å². The van der Waals surface area contributed by atoms with Crippen LogP contribution in [0.5, 0.6) is 5.75 Å². The second-order valence-corrected chi connectivity index (χ2v) is 5.48. The van der Waals surface area contributed by atoms with Crippen LogP contribution in [0.2, 0.25) is 0 Å². The third-order valence-electron chi connectivity index (χ3n) is 4.01. The van der Waals surface area contributed by atoms with E-state index in [9.17, 15) is 9.18 Å². The van der Waals surface area contributed by atoms with Gasteiger partial charge in [-0.1, -0.05) is 30.4 Å². The maximum atomic E-state index is 13.1. The molecule has 0 radical (unpaired) electrons. The summed E-state index contributed by atoms with van der Waals surface area (Å²) in [5, 5.41) is 0. The Morgan fingerprint density at radius 1 is 1.09 bits per heavy atom. The summed E-state index contributed by atoms with van der Waals surface area (Å²) in [6, 6.07) is 13.5. The van der Waals surface area contributed by atoms with Crippen LogP contribution in [0, 0.1) is 11.7 Å². The number of hydrogen-bond acceptors (Lipinski definition) is 2. The number of allylic oxidation sites excluding steroid dienone is 4. The Morgan fingerprint density at radius 3 is 2.43 bits per heavy atom. The highest BCUT2D eigenvalue weighted by atomic mass is 19.1. The number of methoxy groups -OCH3 is 1. The summed E-state index contributed by atoms with van der Waals surface area (Å²) in [6.45, 7) is 0. The molecule has 0 N–H and O–H groups in total. The number of carbonyl (C=O) groups excluding carboxylic acids is 1. The van der Waals surface area contributed by atoms with Gasteiger partial charge in [0, 0.05) is 17.9 Å². The molecule has 0 aromatic heterocycles. The Hall–Kier alpha value is -2.68. The van der Waals surface area contributed by atoms with Crippen LogP contribution in [0.4, 0.5) is 4.39 Å². The maximum absolute atomic E-state index is 13.1. The zero-order chi connectivity index (χ0) is 16.2. The fourth-order valence-corrected chi connectivity index (χ4v) is 2.75. The molecule has 2 aromatic rings. The van der Waals surface area contributed by atoms with Gasteiger partial charge >= 0.3 is 0 Å². The molecule has 1 aliphatic carbocycles. The summed E-state index contributed by atoms with van der Waals surface area (Å²) in [6.07, 6.45) is 6.34. The van der Waals surface area contributed by atoms with Crippen LogP contribution in [0.3, 0.4) is 0 Å². The zero-order valence-corrected chi connectivity index (χ0v) is 12.8. The molecule has 0 bridgehead atoms. The first-order valence-corrected chi connectivity index (χ1v) is 7.49. The first-order valence-electron chi connectivity index (χ1n) is 7.49.